The molecule has 0 saturated carbocycles. The van der Waals surface area contributed by atoms with Gasteiger partial charge in [-0.3, -0.25) is 4.79 Å². The Morgan fingerprint density at radius 1 is 1.28 bits per heavy atom. The molecule has 0 aliphatic heterocycles. The molecule has 1 heterocycles. The Morgan fingerprint density at radius 2 is 1.89 bits per heavy atom. The quantitative estimate of drug-likeness (QED) is 0.499. The fourth-order valence-corrected chi connectivity index (χ4v) is 1.48. The van der Waals surface area contributed by atoms with Crippen LogP contribution in [-0.2, 0) is 4.74 Å². The maximum Gasteiger partial charge on any atom is 2.00 e. The molecule has 0 aliphatic rings. The summed E-state index contributed by atoms with van der Waals surface area (Å²) >= 11 is 0. The summed E-state index contributed by atoms with van der Waals surface area (Å²) in [5.41, 5.74) is 0.327. The van der Waals surface area contributed by atoms with Gasteiger partial charge in [0.05, 0.1) is 5.60 Å². The van der Waals surface area contributed by atoms with Crippen LogP contribution in [0, 0.1) is 6.20 Å². The van der Waals surface area contributed by atoms with E-state index in [2.05, 4.69) is 6.20 Å². The Morgan fingerprint density at radius 3 is 2.50 bits per heavy atom. The van der Waals surface area contributed by atoms with Gasteiger partial charge in [-0.15, -0.1) is 17.5 Å². The number of nitrogens with zero attached hydrogens (tertiary/aromatic N) is 1. The molecule has 0 bridgehead atoms. The molecule has 0 aliphatic carbocycles. The molecule has 0 N–H and O–H groups in total. The van der Waals surface area contributed by atoms with Gasteiger partial charge in [-0.25, -0.2) is 0 Å². The monoisotopic (exact) mass is 319 g/mol. The number of aromatic nitrogens is 1. The number of hydrogen-bond acceptors (Lipinski definition) is 2. The van der Waals surface area contributed by atoms with Crippen molar-refractivity contribution in [2.45, 2.75) is 26.4 Å². The van der Waals surface area contributed by atoms with Crippen molar-refractivity contribution in [2.75, 3.05) is 0 Å². The van der Waals surface area contributed by atoms with Gasteiger partial charge >= 0.3 is 29.1 Å². The predicted molar refractivity (Wildman–Crippen MR) is 68.2 cm³/mol. The van der Waals surface area contributed by atoms with Crippen LogP contribution in [0.2, 0.25) is 0 Å². The minimum Gasteiger partial charge on any atom is -1.00 e. The van der Waals surface area contributed by atoms with Crippen LogP contribution in [0.1, 0.15) is 20.8 Å². The molecule has 5 heteroatoms. The van der Waals surface area contributed by atoms with Crippen molar-refractivity contribution < 1.29 is 26.5 Å². The second-order valence-corrected chi connectivity index (χ2v) is 4.65. The van der Waals surface area contributed by atoms with Gasteiger partial charge in [-0.1, -0.05) is 29.9 Å². The van der Waals surface area contributed by atoms with Crippen molar-refractivity contribution in [3.63, 3.8) is 0 Å². The second kappa shape index (κ2) is 6.59. The molecule has 0 spiro atoms. The molecule has 2 rings (SSSR count). The van der Waals surface area contributed by atoms with E-state index in [1.54, 1.807) is 6.07 Å². The number of rotatable bonds is 0. The second-order valence-electron chi connectivity index (χ2n) is 4.65. The Bertz CT molecular complexity index is 531. The van der Waals surface area contributed by atoms with Gasteiger partial charge in [0.15, 0.2) is 0 Å². The zero-order chi connectivity index (χ0) is 11.8. The third kappa shape index (κ3) is 4.00. The Labute approximate surface area is 133 Å². The molecule has 0 atom stereocenters. The molecule has 0 amide bonds. The number of para-hydroxylation sites is 1. The molecule has 0 unspecified atom stereocenters. The summed E-state index contributed by atoms with van der Waals surface area (Å²) < 4.78 is 6.69. The van der Waals surface area contributed by atoms with Crippen LogP contribution >= 0.6 is 0 Å². The van der Waals surface area contributed by atoms with E-state index in [1.807, 2.05) is 45.0 Å². The van der Waals surface area contributed by atoms with Crippen LogP contribution in [0.15, 0.2) is 30.3 Å². The van der Waals surface area contributed by atoms with E-state index in [9.17, 15) is 4.79 Å². The van der Waals surface area contributed by atoms with E-state index in [1.165, 1.54) is 4.57 Å². The number of hydrogen-bond donors (Lipinski definition) is 0. The molecular formula is C13H14BrMgNO2. The molecule has 2 aromatic rings. The summed E-state index contributed by atoms with van der Waals surface area (Å²) in [5.74, 6) is 0. The van der Waals surface area contributed by atoms with Crippen molar-refractivity contribution in [3.05, 3.63) is 36.5 Å². The molecule has 1 aromatic carbocycles. The van der Waals surface area contributed by atoms with E-state index in [-0.39, 0.29) is 40.0 Å². The first-order valence-corrected chi connectivity index (χ1v) is 5.19. The molecule has 0 saturated heterocycles. The summed E-state index contributed by atoms with van der Waals surface area (Å²) in [7, 11) is 0. The van der Waals surface area contributed by atoms with E-state index < -0.39 is 11.7 Å². The molecule has 0 fully saturated rings. The van der Waals surface area contributed by atoms with E-state index in [0.717, 1.165) is 10.9 Å². The topological polar surface area (TPSA) is 31.2 Å². The zero-order valence-corrected chi connectivity index (χ0v) is 13.7. The van der Waals surface area contributed by atoms with Crippen molar-refractivity contribution in [3.8, 4) is 0 Å². The molecular weight excluding hydrogens is 306 g/mol. The maximum absolute atomic E-state index is 11.8. The Balaban J connectivity index is 0.00000144. The van der Waals surface area contributed by atoms with Gasteiger partial charge in [-0.2, -0.15) is 0 Å². The summed E-state index contributed by atoms with van der Waals surface area (Å²) in [5, 5.41) is 0.980. The van der Waals surface area contributed by atoms with Crippen molar-refractivity contribution in [1.29, 1.82) is 0 Å². The van der Waals surface area contributed by atoms with Crippen LogP contribution in [0.4, 0.5) is 4.79 Å². The SMILES string of the molecule is CC(C)(C)OC(=O)n1[c-]cc2ccccc21.[Br-].[Mg+2]. The van der Waals surface area contributed by atoms with Gasteiger partial charge in [-0.05, 0) is 20.8 Å². The number of benzene rings is 1. The third-order valence-electron chi connectivity index (χ3n) is 2.10. The van der Waals surface area contributed by atoms with Gasteiger partial charge in [0.2, 0.25) is 0 Å². The van der Waals surface area contributed by atoms with Gasteiger partial charge < -0.3 is 26.3 Å². The fourth-order valence-electron chi connectivity index (χ4n) is 1.48. The molecule has 3 nitrogen and oxygen atoms in total. The fraction of sp³-hybridized carbons (Fsp3) is 0.308. The average molecular weight is 320 g/mol. The van der Waals surface area contributed by atoms with Gasteiger partial charge in [0.25, 0.3) is 0 Å². The number of carbonyl (C=O) groups excluding carboxylic acids is 1. The number of fused-ring (bicyclic) bond motifs is 1. The minimum absolute atomic E-state index is 0. The standard InChI is InChI=1S/C13H14NO2.BrH.Mg/c1-13(2,3)16-12(15)14-9-8-10-6-4-5-7-11(10)14;;/h4-8H,1-3H3;1H;/q-1;;+2/p-1. The van der Waals surface area contributed by atoms with Crippen molar-refractivity contribution in [1.82, 2.24) is 4.57 Å². The predicted octanol–water partition coefficient (Wildman–Crippen LogP) is -0.152. The average Bonchev–Trinajstić information content (AvgIpc) is 2.58. The van der Waals surface area contributed by atoms with Crippen LogP contribution in [0.3, 0.4) is 0 Å². The summed E-state index contributed by atoms with van der Waals surface area (Å²) in [4.78, 5) is 11.8. The van der Waals surface area contributed by atoms with Crippen LogP contribution in [-0.4, -0.2) is 39.3 Å². The van der Waals surface area contributed by atoms with Crippen molar-refractivity contribution >= 4 is 40.0 Å². The Kier molecular flexibility index (Phi) is 6.40. The molecule has 1 aromatic heterocycles. The number of ether oxygens (including phenoxy) is 1. The van der Waals surface area contributed by atoms with E-state index in [0.29, 0.717) is 0 Å². The minimum atomic E-state index is -0.490. The summed E-state index contributed by atoms with van der Waals surface area (Å²) in [6.07, 6.45) is 2.48. The number of halogens is 1. The van der Waals surface area contributed by atoms with E-state index >= 15 is 0 Å². The maximum atomic E-state index is 11.8. The van der Waals surface area contributed by atoms with Gasteiger partial charge in [0, 0.05) is 0 Å². The largest absolute Gasteiger partial charge is 2.00 e. The van der Waals surface area contributed by atoms with Crippen LogP contribution in [0.5, 0.6) is 0 Å². The van der Waals surface area contributed by atoms with E-state index in [4.69, 9.17) is 4.74 Å². The van der Waals surface area contributed by atoms with Crippen LogP contribution < -0.4 is 17.0 Å². The first-order valence-electron chi connectivity index (χ1n) is 5.19. The van der Waals surface area contributed by atoms with Crippen molar-refractivity contribution in [2.24, 2.45) is 0 Å². The first kappa shape index (κ1) is 17.5. The summed E-state index contributed by atoms with van der Waals surface area (Å²) in [6.45, 7) is 5.53. The molecule has 18 heavy (non-hydrogen) atoms. The number of carbonyl (C=O) groups is 1. The zero-order valence-electron chi connectivity index (χ0n) is 10.7. The van der Waals surface area contributed by atoms with Gasteiger partial charge in [0.1, 0.15) is 0 Å². The first-order chi connectivity index (χ1) is 7.47. The molecule has 0 radical (unpaired) electrons. The Hall–Kier alpha value is -0.524. The smallest absolute Gasteiger partial charge is 1.00 e. The third-order valence-corrected chi connectivity index (χ3v) is 2.10. The molecule has 92 valence electrons. The summed E-state index contributed by atoms with van der Waals surface area (Å²) in [6, 6.07) is 9.40. The van der Waals surface area contributed by atoms with Crippen LogP contribution in [0.25, 0.3) is 10.9 Å². The normalized spacial score (nSPS) is 10.4.